The van der Waals surface area contributed by atoms with E-state index in [0.717, 1.165) is 5.56 Å². The maximum absolute atomic E-state index is 11.6. The van der Waals surface area contributed by atoms with Crippen molar-refractivity contribution in [1.82, 2.24) is 0 Å². The van der Waals surface area contributed by atoms with E-state index in [4.69, 9.17) is 8.83 Å². The van der Waals surface area contributed by atoms with Gasteiger partial charge in [-0.3, -0.25) is 4.79 Å². The van der Waals surface area contributed by atoms with Gasteiger partial charge in [0.1, 0.15) is 11.2 Å². The zero-order chi connectivity index (χ0) is 12.0. The molecule has 0 radical (unpaired) electrons. The quantitative estimate of drug-likeness (QED) is 0.437. The third-order valence-electron chi connectivity index (χ3n) is 2.73. The number of aryl methyl sites for hydroxylation is 1. The second-order valence-corrected chi connectivity index (χ2v) is 3.85. The first-order valence-corrected chi connectivity index (χ1v) is 5.12. The SMILES string of the molecule is Cc1cc(=O)oc2ccc3c(=O)ccoc3c12. The average Bonchev–Trinajstić information content (AvgIpc) is 2.28. The molecule has 0 spiro atoms. The summed E-state index contributed by atoms with van der Waals surface area (Å²) in [5.41, 5.74) is 1.09. The van der Waals surface area contributed by atoms with Crippen LogP contribution in [-0.4, -0.2) is 0 Å². The maximum atomic E-state index is 11.6. The minimum Gasteiger partial charge on any atom is -0.463 e. The molecule has 0 saturated heterocycles. The lowest BCUT2D eigenvalue weighted by Gasteiger charge is -2.03. The van der Waals surface area contributed by atoms with Crippen LogP contribution in [0.3, 0.4) is 0 Å². The molecule has 1 aromatic carbocycles. The molecule has 4 nitrogen and oxygen atoms in total. The summed E-state index contributed by atoms with van der Waals surface area (Å²) < 4.78 is 10.4. The highest BCUT2D eigenvalue weighted by Gasteiger charge is 2.10. The van der Waals surface area contributed by atoms with Crippen LogP contribution in [0.5, 0.6) is 0 Å². The fourth-order valence-electron chi connectivity index (χ4n) is 1.98. The average molecular weight is 228 g/mol. The Morgan fingerprint density at radius 1 is 1.12 bits per heavy atom. The molecule has 0 aliphatic heterocycles. The van der Waals surface area contributed by atoms with E-state index in [1.54, 1.807) is 19.1 Å². The smallest absolute Gasteiger partial charge is 0.336 e. The summed E-state index contributed by atoms with van der Waals surface area (Å²) in [6, 6.07) is 5.96. The fraction of sp³-hybridized carbons (Fsp3) is 0.0769. The topological polar surface area (TPSA) is 60.4 Å². The molecule has 0 fully saturated rings. The van der Waals surface area contributed by atoms with E-state index in [0.29, 0.717) is 21.9 Å². The molecule has 2 aromatic heterocycles. The van der Waals surface area contributed by atoms with Crippen LogP contribution >= 0.6 is 0 Å². The van der Waals surface area contributed by atoms with Crippen LogP contribution in [0.2, 0.25) is 0 Å². The van der Waals surface area contributed by atoms with Gasteiger partial charge in [0.05, 0.1) is 17.0 Å². The van der Waals surface area contributed by atoms with Crippen molar-refractivity contribution in [2.45, 2.75) is 6.92 Å². The Balaban J connectivity index is 2.70. The van der Waals surface area contributed by atoms with Crippen molar-refractivity contribution in [3.63, 3.8) is 0 Å². The van der Waals surface area contributed by atoms with E-state index in [2.05, 4.69) is 0 Å². The monoisotopic (exact) mass is 228 g/mol. The summed E-state index contributed by atoms with van der Waals surface area (Å²) in [5.74, 6) is 0. The third kappa shape index (κ3) is 1.38. The van der Waals surface area contributed by atoms with Gasteiger partial charge in [-0.1, -0.05) is 0 Å². The van der Waals surface area contributed by atoms with Crippen LogP contribution in [0, 0.1) is 6.92 Å². The molecule has 84 valence electrons. The number of rotatable bonds is 0. The van der Waals surface area contributed by atoms with Crippen molar-refractivity contribution in [3.05, 3.63) is 56.7 Å². The number of hydrogen-bond donors (Lipinski definition) is 0. The summed E-state index contributed by atoms with van der Waals surface area (Å²) in [4.78, 5) is 22.9. The molecule has 0 amide bonds. The highest BCUT2D eigenvalue weighted by Crippen LogP contribution is 2.24. The minimum absolute atomic E-state index is 0.112. The third-order valence-corrected chi connectivity index (χ3v) is 2.73. The molecular formula is C13H8O4. The molecule has 2 heterocycles. The van der Waals surface area contributed by atoms with Gasteiger partial charge in [-0.2, -0.15) is 0 Å². The standard InChI is InChI=1S/C13H8O4/c1-7-6-11(15)17-10-3-2-8-9(14)4-5-16-13(8)12(7)10/h2-6H,1H3. The predicted octanol–water partition coefficient (Wildman–Crippen LogP) is 2.21. The first-order valence-electron chi connectivity index (χ1n) is 5.12. The maximum Gasteiger partial charge on any atom is 0.336 e. The van der Waals surface area contributed by atoms with E-state index in [-0.39, 0.29) is 5.43 Å². The molecule has 0 bridgehead atoms. The Kier molecular flexibility index (Phi) is 1.92. The summed E-state index contributed by atoms with van der Waals surface area (Å²) in [7, 11) is 0. The van der Waals surface area contributed by atoms with Crippen LogP contribution < -0.4 is 11.1 Å². The Morgan fingerprint density at radius 3 is 2.76 bits per heavy atom. The Labute approximate surface area is 95.1 Å². The Hall–Kier alpha value is -2.36. The minimum atomic E-state index is -0.410. The van der Waals surface area contributed by atoms with Crippen LogP contribution in [-0.2, 0) is 0 Å². The largest absolute Gasteiger partial charge is 0.463 e. The molecule has 0 unspecified atom stereocenters. The van der Waals surface area contributed by atoms with E-state index in [1.165, 1.54) is 18.4 Å². The van der Waals surface area contributed by atoms with Crippen LogP contribution in [0.25, 0.3) is 21.9 Å². The molecule has 0 saturated carbocycles. The van der Waals surface area contributed by atoms with E-state index < -0.39 is 5.63 Å². The molecule has 3 rings (SSSR count). The Bertz CT molecular complexity index is 839. The van der Waals surface area contributed by atoms with Gasteiger partial charge in [-0.05, 0) is 24.6 Å². The normalized spacial score (nSPS) is 11.1. The van der Waals surface area contributed by atoms with Gasteiger partial charge in [0.25, 0.3) is 0 Å². The van der Waals surface area contributed by atoms with E-state index in [1.807, 2.05) is 0 Å². The zero-order valence-corrected chi connectivity index (χ0v) is 9.02. The van der Waals surface area contributed by atoms with Gasteiger partial charge >= 0.3 is 5.63 Å². The van der Waals surface area contributed by atoms with Gasteiger partial charge in [-0.25, -0.2) is 4.79 Å². The van der Waals surface area contributed by atoms with E-state index >= 15 is 0 Å². The molecule has 0 N–H and O–H groups in total. The van der Waals surface area contributed by atoms with E-state index in [9.17, 15) is 9.59 Å². The summed E-state index contributed by atoms with van der Waals surface area (Å²) in [5, 5.41) is 1.15. The van der Waals surface area contributed by atoms with Crippen molar-refractivity contribution in [2.75, 3.05) is 0 Å². The second kappa shape index (κ2) is 3.31. The van der Waals surface area contributed by atoms with Gasteiger partial charge in [0.2, 0.25) is 0 Å². The van der Waals surface area contributed by atoms with Crippen molar-refractivity contribution in [1.29, 1.82) is 0 Å². The lowest BCUT2D eigenvalue weighted by atomic mass is 10.1. The molecule has 4 heteroatoms. The van der Waals surface area contributed by atoms with Gasteiger partial charge < -0.3 is 8.83 Å². The van der Waals surface area contributed by atoms with Crippen molar-refractivity contribution in [3.8, 4) is 0 Å². The fourth-order valence-corrected chi connectivity index (χ4v) is 1.98. The molecule has 17 heavy (non-hydrogen) atoms. The predicted molar refractivity (Wildman–Crippen MR) is 63.3 cm³/mol. The molecular weight excluding hydrogens is 220 g/mol. The van der Waals surface area contributed by atoms with Crippen LogP contribution in [0.4, 0.5) is 0 Å². The second-order valence-electron chi connectivity index (χ2n) is 3.85. The lowest BCUT2D eigenvalue weighted by molar-refractivity contribution is 0.557. The van der Waals surface area contributed by atoms with Crippen molar-refractivity contribution < 1.29 is 8.83 Å². The highest BCUT2D eigenvalue weighted by molar-refractivity contribution is 6.03. The first-order chi connectivity index (χ1) is 8.16. The summed E-state index contributed by atoms with van der Waals surface area (Å²) in [6.45, 7) is 1.78. The molecule has 0 aliphatic carbocycles. The van der Waals surface area contributed by atoms with Crippen molar-refractivity contribution in [2.24, 2.45) is 0 Å². The van der Waals surface area contributed by atoms with Gasteiger partial charge in [0, 0.05) is 12.1 Å². The number of benzene rings is 1. The molecule has 0 aliphatic rings. The number of hydrogen-bond acceptors (Lipinski definition) is 4. The Morgan fingerprint density at radius 2 is 1.94 bits per heavy atom. The van der Waals surface area contributed by atoms with Gasteiger partial charge in [0.15, 0.2) is 5.43 Å². The lowest BCUT2D eigenvalue weighted by Crippen LogP contribution is -2.01. The van der Waals surface area contributed by atoms with Crippen molar-refractivity contribution >= 4 is 21.9 Å². The highest BCUT2D eigenvalue weighted by atomic mass is 16.4. The van der Waals surface area contributed by atoms with Crippen LogP contribution in [0.15, 0.2) is 49.0 Å². The number of fused-ring (bicyclic) bond motifs is 3. The molecule has 3 aromatic rings. The zero-order valence-electron chi connectivity index (χ0n) is 9.02. The van der Waals surface area contributed by atoms with Crippen LogP contribution in [0.1, 0.15) is 5.56 Å². The van der Waals surface area contributed by atoms with Gasteiger partial charge in [-0.15, -0.1) is 0 Å². The summed E-state index contributed by atoms with van der Waals surface area (Å²) >= 11 is 0. The molecule has 0 atom stereocenters. The first kappa shape index (κ1) is 9.84. The summed E-state index contributed by atoms with van der Waals surface area (Å²) in [6.07, 6.45) is 1.34.